The van der Waals surface area contributed by atoms with Gasteiger partial charge in [-0.2, -0.15) is 11.8 Å². The maximum atomic E-state index is 3.63. The Hall–Kier alpha value is 0.01000. The average molecular weight is 300 g/mol. The number of benzene rings is 1. The van der Waals surface area contributed by atoms with Gasteiger partial charge in [0.25, 0.3) is 0 Å². The van der Waals surface area contributed by atoms with Crippen molar-refractivity contribution >= 4 is 27.7 Å². The highest BCUT2D eigenvalue weighted by molar-refractivity contribution is 9.10. The number of halogens is 1. The summed E-state index contributed by atoms with van der Waals surface area (Å²) in [5, 5.41) is 3.60. The smallest absolute Gasteiger partial charge is 0.0210 e. The molecule has 1 aromatic rings. The van der Waals surface area contributed by atoms with Crippen LogP contribution in [0.2, 0.25) is 0 Å². The van der Waals surface area contributed by atoms with Crippen LogP contribution in [0.5, 0.6) is 0 Å². The summed E-state index contributed by atoms with van der Waals surface area (Å²) in [6, 6.07) is 9.34. The third kappa shape index (κ3) is 3.02. The molecule has 1 saturated carbocycles. The summed E-state index contributed by atoms with van der Waals surface area (Å²) < 4.78 is 1.27. The van der Waals surface area contributed by atoms with Crippen molar-refractivity contribution in [2.75, 3.05) is 18.6 Å². The van der Waals surface area contributed by atoms with Crippen LogP contribution in [0.25, 0.3) is 0 Å². The molecule has 0 aliphatic heterocycles. The van der Waals surface area contributed by atoms with Crippen molar-refractivity contribution in [1.29, 1.82) is 0 Å². The van der Waals surface area contributed by atoms with E-state index < -0.39 is 0 Å². The number of hydrogen-bond donors (Lipinski definition) is 1. The Labute approximate surface area is 111 Å². The molecule has 1 nitrogen and oxygen atoms in total. The second-order valence-electron chi connectivity index (χ2n) is 4.33. The van der Waals surface area contributed by atoms with Gasteiger partial charge >= 0.3 is 0 Å². The number of hydrogen-bond acceptors (Lipinski definition) is 2. The van der Waals surface area contributed by atoms with Crippen LogP contribution in [0.15, 0.2) is 28.7 Å². The van der Waals surface area contributed by atoms with Gasteiger partial charge in [-0.05, 0) is 36.6 Å². The Morgan fingerprint density at radius 1 is 1.38 bits per heavy atom. The first-order valence-electron chi connectivity index (χ1n) is 5.78. The summed E-state index contributed by atoms with van der Waals surface area (Å²) in [5.74, 6) is 1.97. The van der Waals surface area contributed by atoms with Crippen molar-refractivity contribution in [2.45, 2.75) is 24.8 Å². The minimum atomic E-state index is 0.740. The fraction of sp³-hybridized carbons (Fsp3) is 0.538. The molecule has 0 amide bonds. The molecular formula is C13H18BrNS. The van der Waals surface area contributed by atoms with E-state index in [1.165, 1.54) is 28.6 Å². The minimum absolute atomic E-state index is 0.740. The van der Waals surface area contributed by atoms with Gasteiger partial charge < -0.3 is 5.32 Å². The van der Waals surface area contributed by atoms with Crippen LogP contribution in [0.3, 0.4) is 0 Å². The van der Waals surface area contributed by atoms with Crippen LogP contribution in [-0.4, -0.2) is 24.6 Å². The van der Waals surface area contributed by atoms with Gasteiger partial charge in [0, 0.05) is 22.8 Å². The van der Waals surface area contributed by atoms with E-state index in [2.05, 4.69) is 51.8 Å². The van der Waals surface area contributed by atoms with Crippen molar-refractivity contribution in [3.8, 4) is 0 Å². The van der Waals surface area contributed by atoms with Gasteiger partial charge in [-0.1, -0.05) is 34.1 Å². The molecule has 0 spiro atoms. The zero-order chi connectivity index (χ0) is 11.4. The lowest BCUT2D eigenvalue weighted by atomic mass is 9.76. The van der Waals surface area contributed by atoms with Gasteiger partial charge in [-0.25, -0.2) is 0 Å². The standard InChI is InChI=1S/C13H18BrNS/c1-16-7-6-15-11-8-10(9-11)12-4-2-3-5-13(12)14/h2-5,10-11,15H,6-9H2,1H3. The molecule has 1 N–H and O–H groups in total. The lowest BCUT2D eigenvalue weighted by Crippen LogP contribution is -2.41. The molecule has 0 unspecified atom stereocenters. The summed E-state index contributed by atoms with van der Waals surface area (Å²) >= 11 is 5.54. The van der Waals surface area contributed by atoms with Crippen LogP contribution < -0.4 is 5.32 Å². The predicted octanol–water partition coefficient (Wildman–Crippen LogP) is 3.65. The fourth-order valence-corrected chi connectivity index (χ4v) is 3.14. The Bertz CT molecular complexity index is 336. The second kappa shape index (κ2) is 6.08. The lowest BCUT2D eigenvalue weighted by Gasteiger charge is -2.37. The highest BCUT2D eigenvalue weighted by Gasteiger charge is 2.30. The van der Waals surface area contributed by atoms with E-state index in [4.69, 9.17) is 0 Å². The Morgan fingerprint density at radius 3 is 2.81 bits per heavy atom. The van der Waals surface area contributed by atoms with Crippen LogP contribution >= 0.6 is 27.7 Å². The van der Waals surface area contributed by atoms with E-state index in [-0.39, 0.29) is 0 Å². The fourth-order valence-electron chi connectivity index (χ4n) is 2.21. The van der Waals surface area contributed by atoms with E-state index in [0.29, 0.717) is 0 Å². The van der Waals surface area contributed by atoms with Gasteiger partial charge in [-0.3, -0.25) is 0 Å². The molecule has 0 saturated heterocycles. The lowest BCUT2D eigenvalue weighted by molar-refractivity contribution is 0.296. The molecule has 0 bridgehead atoms. The van der Waals surface area contributed by atoms with Crippen LogP contribution in [0.1, 0.15) is 24.3 Å². The molecule has 1 aliphatic rings. The number of nitrogens with one attached hydrogen (secondary N) is 1. The van der Waals surface area contributed by atoms with Gasteiger partial charge in [0.1, 0.15) is 0 Å². The second-order valence-corrected chi connectivity index (χ2v) is 6.17. The summed E-state index contributed by atoms with van der Waals surface area (Å²) in [5.41, 5.74) is 1.48. The van der Waals surface area contributed by atoms with Gasteiger partial charge in [-0.15, -0.1) is 0 Å². The summed E-state index contributed by atoms with van der Waals surface area (Å²) in [4.78, 5) is 0. The third-order valence-corrected chi connectivity index (χ3v) is 4.56. The molecule has 0 aromatic heterocycles. The SMILES string of the molecule is CSCCNC1CC(c2ccccc2Br)C1. The van der Waals surface area contributed by atoms with Gasteiger partial charge in [0.2, 0.25) is 0 Å². The first-order chi connectivity index (χ1) is 7.81. The molecule has 2 rings (SSSR count). The van der Waals surface area contributed by atoms with Crippen molar-refractivity contribution in [3.63, 3.8) is 0 Å². The quantitative estimate of drug-likeness (QED) is 0.833. The van der Waals surface area contributed by atoms with Crippen molar-refractivity contribution < 1.29 is 0 Å². The zero-order valence-corrected chi connectivity index (χ0v) is 12.0. The molecule has 0 radical (unpaired) electrons. The molecule has 1 aliphatic carbocycles. The highest BCUT2D eigenvalue weighted by Crippen LogP contribution is 2.39. The normalized spacial score (nSPS) is 24.1. The van der Waals surface area contributed by atoms with E-state index in [1.54, 1.807) is 0 Å². The molecule has 1 fully saturated rings. The van der Waals surface area contributed by atoms with E-state index in [1.807, 2.05) is 11.8 Å². The summed E-state index contributed by atoms with van der Waals surface area (Å²) in [6.45, 7) is 1.15. The van der Waals surface area contributed by atoms with E-state index in [0.717, 1.165) is 18.5 Å². The molecular weight excluding hydrogens is 282 g/mol. The Kier molecular flexibility index (Phi) is 4.74. The van der Waals surface area contributed by atoms with E-state index in [9.17, 15) is 0 Å². The number of thioether (sulfide) groups is 1. The van der Waals surface area contributed by atoms with Crippen molar-refractivity contribution in [3.05, 3.63) is 34.3 Å². The minimum Gasteiger partial charge on any atom is -0.313 e. The first kappa shape index (κ1) is 12.5. The summed E-state index contributed by atoms with van der Waals surface area (Å²) in [7, 11) is 0. The zero-order valence-electron chi connectivity index (χ0n) is 9.58. The molecule has 16 heavy (non-hydrogen) atoms. The van der Waals surface area contributed by atoms with Gasteiger partial charge in [0.15, 0.2) is 0 Å². The van der Waals surface area contributed by atoms with Crippen LogP contribution in [0, 0.1) is 0 Å². The maximum Gasteiger partial charge on any atom is 0.0210 e. The number of rotatable bonds is 5. The highest BCUT2D eigenvalue weighted by atomic mass is 79.9. The Morgan fingerprint density at radius 2 is 2.12 bits per heavy atom. The maximum absolute atomic E-state index is 3.63. The van der Waals surface area contributed by atoms with Gasteiger partial charge in [0.05, 0.1) is 0 Å². The van der Waals surface area contributed by atoms with Crippen LogP contribution in [-0.2, 0) is 0 Å². The molecule has 0 atom stereocenters. The summed E-state index contributed by atoms with van der Waals surface area (Å²) in [6.07, 6.45) is 4.74. The average Bonchev–Trinajstić information content (AvgIpc) is 2.23. The monoisotopic (exact) mass is 299 g/mol. The topological polar surface area (TPSA) is 12.0 Å². The van der Waals surface area contributed by atoms with E-state index >= 15 is 0 Å². The largest absolute Gasteiger partial charge is 0.313 e. The third-order valence-electron chi connectivity index (χ3n) is 3.22. The Balaban J connectivity index is 1.78. The molecule has 3 heteroatoms. The first-order valence-corrected chi connectivity index (χ1v) is 7.96. The molecule has 88 valence electrons. The van der Waals surface area contributed by atoms with Crippen LogP contribution in [0.4, 0.5) is 0 Å². The van der Waals surface area contributed by atoms with Crippen molar-refractivity contribution in [1.82, 2.24) is 5.32 Å². The predicted molar refractivity (Wildman–Crippen MR) is 76.3 cm³/mol. The molecule has 0 heterocycles. The van der Waals surface area contributed by atoms with Crippen molar-refractivity contribution in [2.24, 2.45) is 0 Å². The molecule has 1 aromatic carbocycles.